The first-order valence-electron chi connectivity index (χ1n) is 9.48. The van der Waals surface area contributed by atoms with Crippen LogP contribution < -0.4 is 10.0 Å². The monoisotopic (exact) mass is 401 g/mol. The van der Waals surface area contributed by atoms with Crippen molar-refractivity contribution in [1.82, 2.24) is 4.90 Å². The van der Waals surface area contributed by atoms with Crippen molar-refractivity contribution in [3.8, 4) is 0 Å². The standard InChI is InChI=1S/C21H27N3O3S/c1-16-6-9-18(14-20(16)28(22,26)27)21(25)23(2)15-17-7-10-19(11-8-17)24-12-4-3-5-13-24/h6-11,14H,3-5,12-13,15H2,1-2H3,(H2,22,26,27). The number of nitrogens with two attached hydrogens (primary N) is 1. The average Bonchev–Trinajstić information content (AvgIpc) is 2.68. The van der Waals surface area contributed by atoms with Gasteiger partial charge in [0.25, 0.3) is 5.91 Å². The Morgan fingerprint density at radius 1 is 1.07 bits per heavy atom. The lowest BCUT2D eigenvalue weighted by molar-refractivity contribution is 0.0785. The van der Waals surface area contributed by atoms with E-state index in [9.17, 15) is 13.2 Å². The number of amides is 1. The number of primary sulfonamides is 1. The molecule has 2 N–H and O–H groups in total. The normalized spacial score (nSPS) is 14.8. The molecule has 0 aromatic heterocycles. The maximum absolute atomic E-state index is 12.7. The highest BCUT2D eigenvalue weighted by Gasteiger charge is 2.18. The zero-order valence-electron chi connectivity index (χ0n) is 16.4. The number of sulfonamides is 1. The first-order valence-corrected chi connectivity index (χ1v) is 11.0. The number of carbonyl (C=O) groups excluding carboxylic acids is 1. The molecule has 1 amide bonds. The molecule has 1 saturated heterocycles. The highest BCUT2D eigenvalue weighted by Crippen LogP contribution is 2.21. The predicted molar refractivity (Wildman–Crippen MR) is 111 cm³/mol. The first kappa shape index (κ1) is 20.4. The molecule has 1 heterocycles. The summed E-state index contributed by atoms with van der Waals surface area (Å²) < 4.78 is 23.4. The van der Waals surface area contributed by atoms with Crippen LogP contribution in [0.25, 0.3) is 0 Å². The van der Waals surface area contributed by atoms with Crippen molar-refractivity contribution in [2.24, 2.45) is 5.14 Å². The van der Waals surface area contributed by atoms with Crippen LogP contribution in [-0.4, -0.2) is 39.4 Å². The minimum absolute atomic E-state index is 0.0161. The fourth-order valence-corrected chi connectivity index (χ4v) is 4.38. The van der Waals surface area contributed by atoms with Gasteiger partial charge in [-0.05, 0) is 61.6 Å². The van der Waals surface area contributed by atoms with E-state index in [1.54, 1.807) is 31.0 Å². The summed E-state index contributed by atoms with van der Waals surface area (Å²) in [5.74, 6) is -0.245. The lowest BCUT2D eigenvalue weighted by Gasteiger charge is -2.29. The highest BCUT2D eigenvalue weighted by molar-refractivity contribution is 7.89. The molecule has 150 valence electrons. The Morgan fingerprint density at radius 3 is 2.32 bits per heavy atom. The maximum Gasteiger partial charge on any atom is 0.253 e. The second kappa shape index (κ2) is 8.32. The molecule has 1 aliphatic rings. The lowest BCUT2D eigenvalue weighted by atomic mass is 10.1. The molecule has 0 radical (unpaired) electrons. The summed E-state index contributed by atoms with van der Waals surface area (Å²) in [6, 6.07) is 12.9. The Balaban J connectivity index is 1.70. The van der Waals surface area contributed by atoms with Gasteiger partial charge in [0.15, 0.2) is 0 Å². The van der Waals surface area contributed by atoms with Crippen molar-refractivity contribution in [1.29, 1.82) is 0 Å². The Hall–Kier alpha value is -2.38. The van der Waals surface area contributed by atoms with Gasteiger partial charge in [-0.1, -0.05) is 18.2 Å². The molecule has 0 saturated carbocycles. The zero-order chi connectivity index (χ0) is 20.3. The molecule has 6 nitrogen and oxygen atoms in total. The quantitative estimate of drug-likeness (QED) is 0.835. The number of hydrogen-bond acceptors (Lipinski definition) is 4. The number of carbonyl (C=O) groups is 1. The number of hydrogen-bond donors (Lipinski definition) is 1. The van der Waals surface area contributed by atoms with Crippen LogP contribution in [0.15, 0.2) is 47.4 Å². The molecule has 0 atom stereocenters. The van der Waals surface area contributed by atoms with E-state index in [-0.39, 0.29) is 10.8 Å². The molecule has 28 heavy (non-hydrogen) atoms. The van der Waals surface area contributed by atoms with Gasteiger partial charge >= 0.3 is 0 Å². The molecule has 1 fully saturated rings. The molecule has 0 bridgehead atoms. The maximum atomic E-state index is 12.7. The van der Waals surface area contributed by atoms with E-state index in [1.165, 1.54) is 31.0 Å². The number of aryl methyl sites for hydroxylation is 1. The van der Waals surface area contributed by atoms with E-state index in [0.29, 0.717) is 17.7 Å². The Bertz CT molecular complexity index is 949. The first-order chi connectivity index (χ1) is 13.3. The van der Waals surface area contributed by atoms with Crippen LogP contribution >= 0.6 is 0 Å². The van der Waals surface area contributed by atoms with Crippen molar-refractivity contribution >= 4 is 21.6 Å². The Labute approximate surface area is 167 Å². The lowest BCUT2D eigenvalue weighted by Crippen LogP contribution is -2.29. The average molecular weight is 402 g/mol. The molecule has 0 aliphatic carbocycles. The van der Waals surface area contributed by atoms with Crippen molar-refractivity contribution < 1.29 is 13.2 Å². The molecule has 2 aromatic carbocycles. The molecule has 7 heteroatoms. The van der Waals surface area contributed by atoms with Crippen LogP contribution in [0.1, 0.15) is 40.7 Å². The van der Waals surface area contributed by atoms with Gasteiger partial charge in [0.05, 0.1) is 4.90 Å². The third-order valence-corrected chi connectivity index (χ3v) is 6.22. The van der Waals surface area contributed by atoms with E-state index < -0.39 is 10.0 Å². The number of anilines is 1. The van der Waals surface area contributed by atoms with Gasteiger partial charge in [-0.15, -0.1) is 0 Å². The summed E-state index contributed by atoms with van der Waals surface area (Å²) in [5.41, 5.74) is 3.07. The van der Waals surface area contributed by atoms with Crippen LogP contribution in [0.4, 0.5) is 5.69 Å². The number of rotatable bonds is 5. The smallest absolute Gasteiger partial charge is 0.253 e. The van der Waals surface area contributed by atoms with E-state index in [2.05, 4.69) is 17.0 Å². The SMILES string of the molecule is Cc1ccc(C(=O)N(C)Cc2ccc(N3CCCCC3)cc2)cc1S(N)(=O)=O. The van der Waals surface area contributed by atoms with E-state index >= 15 is 0 Å². The topological polar surface area (TPSA) is 83.7 Å². The molecule has 0 unspecified atom stereocenters. The van der Waals surface area contributed by atoms with Crippen molar-refractivity contribution in [2.45, 2.75) is 37.6 Å². The minimum atomic E-state index is -3.87. The largest absolute Gasteiger partial charge is 0.372 e. The fourth-order valence-electron chi connectivity index (χ4n) is 3.57. The van der Waals surface area contributed by atoms with Gasteiger partial charge in [0, 0.05) is 37.9 Å². The summed E-state index contributed by atoms with van der Waals surface area (Å²) in [7, 11) is -2.16. The van der Waals surface area contributed by atoms with Crippen molar-refractivity contribution in [3.05, 3.63) is 59.2 Å². The van der Waals surface area contributed by atoms with Gasteiger partial charge in [-0.2, -0.15) is 0 Å². The molecule has 3 rings (SSSR count). The van der Waals surface area contributed by atoms with Gasteiger partial charge in [-0.3, -0.25) is 4.79 Å². The Kier molecular flexibility index (Phi) is 6.05. The van der Waals surface area contributed by atoms with Crippen molar-refractivity contribution in [3.63, 3.8) is 0 Å². The third kappa shape index (κ3) is 4.72. The van der Waals surface area contributed by atoms with E-state index in [0.717, 1.165) is 18.7 Å². The summed E-state index contributed by atoms with van der Waals surface area (Å²) in [5, 5.41) is 5.25. The van der Waals surface area contributed by atoms with Crippen LogP contribution in [-0.2, 0) is 16.6 Å². The molecule has 2 aromatic rings. The summed E-state index contributed by atoms with van der Waals surface area (Å²) >= 11 is 0. The highest BCUT2D eigenvalue weighted by atomic mass is 32.2. The molecule has 1 aliphatic heterocycles. The van der Waals surface area contributed by atoms with Gasteiger partial charge < -0.3 is 9.80 Å². The van der Waals surface area contributed by atoms with Crippen LogP contribution in [0, 0.1) is 6.92 Å². The van der Waals surface area contributed by atoms with Gasteiger partial charge in [-0.25, -0.2) is 13.6 Å². The second-order valence-corrected chi connectivity index (χ2v) is 8.93. The van der Waals surface area contributed by atoms with Gasteiger partial charge in [0.1, 0.15) is 0 Å². The van der Waals surface area contributed by atoms with E-state index in [4.69, 9.17) is 5.14 Å². The zero-order valence-corrected chi connectivity index (χ0v) is 17.2. The summed E-state index contributed by atoms with van der Waals surface area (Å²) in [4.78, 5) is 16.7. The van der Waals surface area contributed by atoms with E-state index in [1.807, 2.05) is 12.1 Å². The number of nitrogens with zero attached hydrogens (tertiary/aromatic N) is 2. The van der Waals surface area contributed by atoms with Crippen molar-refractivity contribution in [2.75, 3.05) is 25.0 Å². The summed E-state index contributed by atoms with van der Waals surface area (Å²) in [6.07, 6.45) is 3.76. The minimum Gasteiger partial charge on any atom is -0.372 e. The van der Waals surface area contributed by atoms with Crippen LogP contribution in [0.2, 0.25) is 0 Å². The number of piperidine rings is 1. The summed E-state index contributed by atoms with van der Waals surface area (Å²) in [6.45, 7) is 4.29. The second-order valence-electron chi connectivity index (χ2n) is 7.40. The van der Waals surface area contributed by atoms with Crippen LogP contribution in [0.3, 0.4) is 0 Å². The fraction of sp³-hybridized carbons (Fsp3) is 0.381. The number of benzene rings is 2. The predicted octanol–water partition coefficient (Wildman–Crippen LogP) is 2.90. The van der Waals surface area contributed by atoms with Crippen LogP contribution in [0.5, 0.6) is 0 Å². The molecular formula is C21H27N3O3S. The molecule has 0 spiro atoms. The molecular weight excluding hydrogens is 374 g/mol. The third-order valence-electron chi connectivity index (χ3n) is 5.17. The Morgan fingerprint density at radius 2 is 1.71 bits per heavy atom. The van der Waals surface area contributed by atoms with Gasteiger partial charge in [0.2, 0.25) is 10.0 Å².